The molecule has 1 saturated heterocycles. The Morgan fingerprint density at radius 3 is 2.75 bits per heavy atom. The fraction of sp³-hybridized carbons (Fsp3) is 0.538. The Morgan fingerprint density at radius 1 is 1.44 bits per heavy atom. The highest BCUT2D eigenvalue weighted by Gasteiger charge is 2.24. The van der Waals surface area contributed by atoms with Crippen molar-refractivity contribution in [3.63, 3.8) is 0 Å². The number of allylic oxidation sites excluding steroid dienone is 4. The zero-order chi connectivity index (χ0) is 11.4. The highest BCUT2D eigenvalue weighted by molar-refractivity contribution is 5.67. The number of carbonyl (C=O) groups is 1. The maximum atomic E-state index is 11.3. The summed E-state index contributed by atoms with van der Waals surface area (Å²) in [6, 6.07) is 0. The number of methoxy groups -OCH3 is 1. The number of piperidine rings is 1. The van der Waals surface area contributed by atoms with Gasteiger partial charge in [-0.2, -0.15) is 0 Å². The van der Waals surface area contributed by atoms with E-state index in [1.54, 1.807) is 4.90 Å². The molecule has 0 bridgehead atoms. The van der Waals surface area contributed by atoms with Crippen molar-refractivity contribution >= 4 is 6.09 Å². The van der Waals surface area contributed by atoms with Gasteiger partial charge >= 0.3 is 6.09 Å². The standard InChI is InChI=1S/C13H18NO2/c1-16-13(15)14-9-7-12(8-10-14)11-5-3-2-4-6-11/h2-3,5-6,12H,4,7-10H2,1H3. The molecule has 3 heteroatoms. The second-order valence-electron chi connectivity index (χ2n) is 4.27. The first kappa shape index (κ1) is 11.2. The van der Waals surface area contributed by atoms with E-state index in [9.17, 15) is 4.79 Å². The lowest BCUT2D eigenvalue weighted by Crippen LogP contribution is -2.38. The third kappa shape index (κ3) is 2.46. The normalized spacial score (nSPS) is 21.8. The molecule has 0 unspecified atom stereocenters. The smallest absolute Gasteiger partial charge is 0.409 e. The average molecular weight is 220 g/mol. The minimum atomic E-state index is -0.194. The largest absolute Gasteiger partial charge is 0.453 e. The Hall–Kier alpha value is -1.25. The Balaban J connectivity index is 1.87. The summed E-state index contributed by atoms with van der Waals surface area (Å²) >= 11 is 0. The van der Waals surface area contributed by atoms with Crippen LogP contribution in [0.4, 0.5) is 4.79 Å². The number of hydrogen-bond donors (Lipinski definition) is 0. The molecule has 1 aliphatic carbocycles. The third-order valence-electron chi connectivity index (χ3n) is 3.31. The van der Waals surface area contributed by atoms with E-state index in [4.69, 9.17) is 4.74 Å². The lowest BCUT2D eigenvalue weighted by Gasteiger charge is -2.32. The monoisotopic (exact) mass is 220 g/mol. The van der Waals surface area contributed by atoms with Gasteiger partial charge in [-0.05, 0) is 37.2 Å². The quantitative estimate of drug-likeness (QED) is 0.679. The van der Waals surface area contributed by atoms with Gasteiger partial charge in [0.2, 0.25) is 0 Å². The van der Waals surface area contributed by atoms with Crippen LogP contribution >= 0.6 is 0 Å². The van der Waals surface area contributed by atoms with Crippen LogP contribution in [0.2, 0.25) is 0 Å². The van der Waals surface area contributed by atoms with Crippen molar-refractivity contribution in [3.05, 3.63) is 30.2 Å². The van der Waals surface area contributed by atoms with Gasteiger partial charge in [-0.3, -0.25) is 0 Å². The second kappa shape index (κ2) is 5.19. The molecule has 0 spiro atoms. The van der Waals surface area contributed by atoms with Crippen LogP contribution in [0.5, 0.6) is 0 Å². The van der Waals surface area contributed by atoms with E-state index in [-0.39, 0.29) is 6.09 Å². The maximum Gasteiger partial charge on any atom is 0.409 e. The lowest BCUT2D eigenvalue weighted by atomic mass is 9.86. The topological polar surface area (TPSA) is 29.5 Å². The average Bonchev–Trinajstić information content (AvgIpc) is 2.39. The van der Waals surface area contributed by atoms with Crippen LogP contribution in [0.1, 0.15) is 19.3 Å². The van der Waals surface area contributed by atoms with Crippen LogP contribution in [-0.4, -0.2) is 31.2 Å². The molecule has 0 aromatic carbocycles. The summed E-state index contributed by atoms with van der Waals surface area (Å²) in [6.07, 6.45) is 11.7. The summed E-state index contributed by atoms with van der Waals surface area (Å²) in [5.41, 5.74) is 1.44. The summed E-state index contributed by atoms with van der Waals surface area (Å²) < 4.78 is 4.72. The Morgan fingerprint density at radius 2 is 2.19 bits per heavy atom. The van der Waals surface area contributed by atoms with E-state index in [2.05, 4.69) is 24.6 Å². The van der Waals surface area contributed by atoms with E-state index in [0.29, 0.717) is 5.92 Å². The van der Waals surface area contributed by atoms with Crippen molar-refractivity contribution in [3.8, 4) is 0 Å². The number of amides is 1. The van der Waals surface area contributed by atoms with Gasteiger partial charge in [-0.15, -0.1) is 0 Å². The molecule has 87 valence electrons. The zero-order valence-electron chi connectivity index (χ0n) is 9.69. The van der Waals surface area contributed by atoms with Gasteiger partial charge in [0, 0.05) is 13.1 Å². The maximum absolute atomic E-state index is 11.3. The van der Waals surface area contributed by atoms with Crippen molar-refractivity contribution in [1.82, 2.24) is 4.90 Å². The molecule has 2 rings (SSSR count). The van der Waals surface area contributed by atoms with Crippen LogP contribution in [0.15, 0.2) is 23.8 Å². The Kier molecular flexibility index (Phi) is 3.65. The molecule has 1 heterocycles. The molecule has 0 N–H and O–H groups in total. The van der Waals surface area contributed by atoms with Crippen molar-refractivity contribution in [1.29, 1.82) is 0 Å². The van der Waals surface area contributed by atoms with Gasteiger partial charge in [0.05, 0.1) is 7.11 Å². The van der Waals surface area contributed by atoms with Crippen LogP contribution in [-0.2, 0) is 4.74 Å². The molecule has 1 amide bonds. The van der Waals surface area contributed by atoms with Gasteiger partial charge in [0.15, 0.2) is 0 Å². The number of nitrogens with zero attached hydrogens (tertiary/aromatic N) is 1. The van der Waals surface area contributed by atoms with Crippen molar-refractivity contribution < 1.29 is 9.53 Å². The fourth-order valence-corrected chi connectivity index (χ4v) is 2.36. The van der Waals surface area contributed by atoms with E-state index < -0.39 is 0 Å². The van der Waals surface area contributed by atoms with Crippen LogP contribution in [0.3, 0.4) is 0 Å². The van der Waals surface area contributed by atoms with Gasteiger partial charge in [0.25, 0.3) is 0 Å². The highest BCUT2D eigenvalue weighted by atomic mass is 16.5. The molecule has 1 aliphatic heterocycles. The predicted molar refractivity (Wildman–Crippen MR) is 62.8 cm³/mol. The van der Waals surface area contributed by atoms with Gasteiger partial charge in [-0.25, -0.2) is 4.79 Å². The summed E-state index contributed by atoms with van der Waals surface area (Å²) in [6.45, 7) is 1.62. The predicted octanol–water partition coefficient (Wildman–Crippen LogP) is 2.56. The van der Waals surface area contributed by atoms with E-state index in [1.807, 2.05) is 0 Å². The fourth-order valence-electron chi connectivity index (χ4n) is 2.36. The second-order valence-corrected chi connectivity index (χ2v) is 4.27. The first-order valence-electron chi connectivity index (χ1n) is 5.84. The molecule has 0 aromatic heterocycles. The van der Waals surface area contributed by atoms with E-state index in [1.165, 1.54) is 12.7 Å². The van der Waals surface area contributed by atoms with Gasteiger partial charge in [0.1, 0.15) is 0 Å². The minimum Gasteiger partial charge on any atom is -0.453 e. The lowest BCUT2D eigenvalue weighted by molar-refractivity contribution is 0.109. The molecule has 0 saturated carbocycles. The molecule has 0 aromatic rings. The number of ether oxygens (including phenoxy) is 1. The molecule has 3 nitrogen and oxygen atoms in total. The number of likely N-dealkylation sites (tertiary alicyclic amines) is 1. The zero-order valence-corrected chi connectivity index (χ0v) is 9.69. The van der Waals surface area contributed by atoms with Gasteiger partial charge in [-0.1, -0.05) is 18.2 Å². The van der Waals surface area contributed by atoms with Crippen LogP contribution < -0.4 is 0 Å². The molecular weight excluding hydrogens is 202 g/mol. The molecule has 2 aliphatic rings. The van der Waals surface area contributed by atoms with E-state index in [0.717, 1.165) is 32.4 Å². The molecule has 1 fully saturated rings. The van der Waals surface area contributed by atoms with Crippen molar-refractivity contribution in [2.45, 2.75) is 19.3 Å². The number of hydrogen-bond acceptors (Lipinski definition) is 2. The van der Waals surface area contributed by atoms with Crippen LogP contribution in [0.25, 0.3) is 0 Å². The van der Waals surface area contributed by atoms with Crippen molar-refractivity contribution in [2.24, 2.45) is 5.92 Å². The third-order valence-corrected chi connectivity index (χ3v) is 3.31. The Bertz CT molecular complexity index is 312. The van der Waals surface area contributed by atoms with Gasteiger partial charge < -0.3 is 9.64 Å². The van der Waals surface area contributed by atoms with Crippen molar-refractivity contribution in [2.75, 3.05) is 20.2 Å². The Labute approximate surface area is 96.8 Å². The number of rotatable bonds is 1. The molecule has 1 radical (unpaired) electrons. The summed E-state index contributed by atoms with van der Waals surface area (Å²) in [7, 11) is 1.44. The summed E-state index contributed by atoms with van der Waals surface area (Å²) in [4.78, 5) is 13.1. The van der Waals surface area contributed by atoms with E-state index >= 15 is 0 Å². The SMILES string of the molecule is COC(=O)N1CCC(C2=CC[CH]C=C2)CC1. The molecule has 0 atom stereocenters. The minimum absolute atomic E-state index is 0.194. The number of carbonyl (C=O) groups excluding carboxylic acids is 1. The molecule has 16 heavy (non-hydrogen) atoms. The first-order chi connectivity index (χ1) is 7.81. The summed E-state index contributed by atoms with van der Waals surface area (Å²) in [5.74, 6) is 0.617. The van der Waals surface area contributed by atoms with Crippen LogP contribution in [0, 0.1) is 12.3 Å². The summed E-state index contributed by atoms with van der Waals surface area (Å²) in [5, 5.41) is 0. The first-order valence-corrected chi connectivity index (χ1v) is 5.84. The molecular formula is C13H18NO2. The highest BCUT2D eigenvalue weighted by Crippen LogP contribution is 2.28.